The third-order valence-electron chi connectivity index (χ3n) is 3.28. The lowest BCUT2D eigenvalue weighted by molar-refractivity contribution is -0.750. The van der Waals surface area contributed by atoms with Crippen LogP contribution in [0.15, 0.2) is 30.7 Å². The minimum absolute atomic E-state index is 0.0993. The average molecular weight is 307 g/mol. The first kappa shape index (κ1) is 14.0. The molecule has 1 N–H and O–H groups in total. The molecule has 1 aliphatic carbocycles. The Balaban J connectivity index is 1.75. The first-order valence-electron chi connectivity index (χ1n) is 6.65. The van der Waals surface area contributed by atoms with Crippen LogP contribution in [0.1, 0.15) is 24.5 Å². The highest BCUT2D eigenvalue weighted by Gasteiger charge is 2.25. The Hall–Kier alpha value is -1.93. The molecule has 0 aromatic carbocycles. The molecule has 21 heavy (non-hydrogen) atoms. The van der Waals surface area contributed by atoms with Crippen LogP contribution >= 0.6 is 0 Å². The summed E-state index contributed by atoms with van der Waals surface area (Å²) in [7, 11) is -3.98. The number of aryl methyl sites for hydroxylation is 1. The summed E-state index contributed by atoms with van der Waals surface area (Å²) in [6, 6.07) is 3.72. The van der Waals surface area contributed by atoms with Crippen molar-refractivity contribution < 1.29 is 17.7 Å². The molecule has 0 atom stereocenters. The molecule has 0 radical (unpaired) electrons. The van der Waals surface area contributed by atoms with Gasteiger partial charge in [0.15, 0.2) is 18.6 Å². The second-order valence-corrected chi connectivity index (χ2v) is 6.62. The van der Waals surface area contributed by atoms with Crippen molar-refractivity contribution in [1.82, 2.24) is 15.1 Å². The molecular formula is C13H15N4O3S+. The molecule has 0 saturated heterocycles. The summed E-state index contributed by atoms with van der Waals surface area (Å²) in [5, 5.41) is 4.11. The zero-order chi connectivity index (χ0) is 14.9. The van der Waals surface area contributed by atoms with Gasteiger partial charge in [0.25, 0.3) is 10.1 Å². The second kappa shape index (κ2) is 5.45. The summed E-state index contributed by atoms with van der Waals surface area (Å²) < 4.78 is 31.5. The zero-order valence-corrected chi connectivity index (χ0v) is 12.1. The fourth-order valence-electron chi connectivity index (χ4n) is 1.98. The van der Waals surface area contributed by atoms with E-state index in [1.807, 2.05) is 6.07 Å². The van der Waals surface area contributed by atoms with Crippen molar-refractivity contribution in [2.24, 2.45) is 0 Å². The van der Waals surface area contributed by atoms with E-state index < -0.39 is 10.1 Å². The van der Waals surface area contributed by atoms with Gasteiger partial charge in [0.05, 0.1) is 0 Å². The van der Waals surface area contributed by atoms with E-state index in [2.05, 4.69) is 15.1 Å². The molecule has 1 aliphatic rings. The van der Waals surface area contributed by atoms with Gasteiger partial charge in [-0.05, 0) is 24.0 Å². The van der Waals surface area contributed by atoms with Crippen molar-refractivity contribution >= 4 is 10.1 Å². The molecule has 3 rings (SSSR count). The summed E-state index contributed by atoms with van der Waals surface area (Å²) in [5.41, 5.74) is 1.84. The third kappa shape index (κ3) is 3.79. The maximum Gasteiger partial charge on any atom is 0.271 e. The van der Waals surface area contributed by atoms with E-state index in [0.717, 1.165) is 11.3 Å². The lowest BCUT2D eigenvalue weighted by Crippen LogP contribution is -2.40. The van der Waals surface area contributed by atoms with Gasteiger partial charge in [-0.25, -0.2) is 9.97 Å². The molecule has 2 heterocycles. The highest BCUT2D eigenvalue weighted by molar-refractivity contribution is 7.85. The average Bonchev–Trinajstić information content (AvgIpc) is 3.30. The van der Waals surface area contributed by atoms with Crippen molar-refractivity contribution in [2.75, 3.05) is 5.75 Å². The van der Waals surface area contributed by atoms with Gasteiger partial charge < -0.3 is 0 Å². The smallest absolute Gasteiger partial charge is 0.271 e. The maximum absolute atomic E-state index is 10.7. The van der Waals surface area contributed by atoms with Crippen LogP contribution in [0, 0.1) is 0 Å². The molecule has 0 spiro atoms. The topological polar surface area (TPSA) is 96.9 Å². The van der Waals surface area contributed by atoms with E-state index in [1.165, 1.54) is 17.5 Å². The van der Waals surface area contributed by atoms with Crippen LogP contribution in [-0.2, 0) is 16.7 Å². The molecule has 0 bridgehead atoms. The molecule has 2 aromatic rings. The van der Waals surface area contributed by atoms with Crippen LogP contribution in [0.5, 0.6) is 0 Å². The summed E-state index contributed by atoms with van der Waals surface area (Å²) in [4.78, 5) is 8.76. The lowest BCUT2D eigenvalue weighted by Gasteiger charge is -2.01. The number of nitrogens with zero attached hydrogens (tertiary/aromatic N) is 4. The molecular weight excluding hydrogens is 292 g/mol. The monoisotopic (exact) mass is 307 g/mol. The van der Waals surface area contributed by atoms with Gasteiger partial charge in [0, 0.05) is 29.4 Å². The Labute approximate surface area is 122 Å². The largest absolute Gasteiger partial charge is 0.285 e. The maximum atomic E-state index is 10.7. The summed E-state index contributed by atoms with van der Waals surface area (Å²) in [5.74, 6) is 0.814. The fraction of sp³-hybridized carbons (Fsp3) is 0.385. The molecule has 0 aliphatic heterocycles. The number of rotatable bonds is 5. The molecule has 8 heteroatoms. The van der Waals surface area contributed by atoms with Crippen LogP contribution in [0.25, 0.3) is 11.4 Å². The number of hydrogen-bond donors (Lipinski definition) is 1. The lowest BCUT2D eigenvalue weighted by atomic mass is 10.2. The van der Waals surface area contributed by atoms with Gasteiger partial charge in [-0.3, -0.25) is 4.55 Å². The molecule has 7 nitrogen and oxygen atoms in total. The second-order valence-electron chi connectivity index (χ2n) is 5.04. The third-order valence-corrected chi connectivity index (χ3v) is 3.98. The Kier molecular flexibility index (Phi) is 3.64. The van der Waals surface area contributed by atoms with Crippen LogP contribution in [-0.4, -0.2) is 33.8 Å². The van der Waals surface area contributed by atoms with Gasteiger partial charge in [0.1, 0.15) is 11.9 Å². The van der Waals surface area contributed by atoms with E-state index in [0.29, 0.717) is 11.7 Å². The molecule has 0 amide bonds. The van der Waals surface area contributed by atoms with E-state index in [1.54, 1.807) is 24.7 Å². The Morgan fingerprint density at radius 3 is 2.76 bits per heavy atom. The van der Waals surface area contributed by atoms with Gasteiger partial charge >= 0.3 is 0 Å². The molecule has 1 fully saturated rings. The zero-order valence-electron chi connectivity index (χ0n) is 11.3. The normalized spacial score (nSPS) is 15.1. The number of aromatic nitrogens is 4. The van der Waals surface area contributed by atoms with Gasteiger partial charge in [-0.1, -0.05) is 4.68 Å². The fourth-order valence-corrected chi connectivity index (χ4v) is 2.39. The highest BCUT2D eigenvalue weighted by atomic mass is 32.2. The van der Waals surface area contributed by atoms with Crippen molar-refractivity contribution in [3.8, 4) is 11.4 Å². The Morgan fingerprint density at radius 2 is 2.14 bits per heavy atom. The minimum Gasteiger partial charge on any atom is -0.285 e. The summed E-state index contributed by atoms with van der Waals surface area (Å²) in [6.07, 6.45) is 7.34. The number of hydrogen-bond acceptors (Lipinski definition) is 5. The van der Waals surface area contributed by atoms with E-state index in [-0.39, 0.29) is 12.3 Å². The predicted octanol–water partition coefficient (Wildman–Crippen LogP) is 0.591. The van der Waals surface area contributed by atoms with Crippen molar-refractivity contribution in [3.63, 3.8) is 0 Å². The van der Waals surface area contributed by atoms with Crippen molar-refractivity contribution in [1.29, 1.82) is 0 Å². The summed E-state index contributed by atoms with van der Waals surface area (Å²) >= 11 is 0. The van der Waals surface area contributed by atoms with Gasteiger partial charge in [-0.2, -0.15) is 8.42 Å². The highest BCUT2D eigenvalue weighted by Crippen LogP contribution is 2.39. The Morgan fingerprint density at radius 1 is 1.33 bits per heavy atom. The molecule has 0 unspecified atom stereocenters. The minimum atomic E-state index is -3.98. The SMILES string of the molecule is O=S(=O)(O)CC[n+]1ccc(-c2nccc(C3CC3)n2)cn1. The van der Waals surface area contributed by atoms with E-state index in [9.17, 15) is 8.42 Å². The van der Waals surface area contributed by atoms with Crippen LogP contribution < -0.4 is 4.68 Å². The van der Waals surface area contributed by atoms with Crippen LogP contribution in [0.3, 0.4) is 0 Å². The van der Waals surface area contributed by atoms with E-state index >= 15 is 0 Å². The van der Waals surface area contributed by atoms with E-state index in [4.69, 9.17) is 4.55 Å². The van der Waals surface area contributed by atoms with Crippen LogP contribution in [0.2, 0.25) is 0 Å². The van der Waals surface area contributed by atoms with Gasteiger partial charge in [-0.15, -0.1) is 0 Å². The van der Waals surface area contributed by atoms with Crippen molar-refractivity contribution in [3.05, 3.63) is 36.4 Å². The molecule has 2 aromatic heterocycles. The van der Waals surface area contributed by atoms with Crippen LogP contribution in [0.4, 0.5) is 0 Å². The molecule has 1 saturated carbocycles. The van der Waals surface area contributed by atoms with Gasteiger partial charge in [0.2, 0.25) is 0 Å². The quantitative estimate of drug-likeness (QED) is 0.641. The first-order valence-corrected chi connectivity index (χ1v) is 8.26. The van der Waals surface area contributed by atoms with Crippen molar-refractivity contribution in [2.45, 2.75) is 25.3 Å². The standard InChI is InChI=1S/C13H14N4O3S/c18-21(19,20)8-7-17-6-4-11(9-15-17)13-14-5-3-12(16-13)10-1-2-10/h3-6,9-10H,1-2,7-8H2/p+1. The molecule has 110 valence electrons. The first-order chi connectivity index (χ1) is 10.0. The summed E-state index contributed by atoms with van der Waals surface area (Å²) in [6.45, 7) is 0.0993. The predicted molar refractivity (Wildman–Crippen MR) is 73.8 cm³/mol. The Bertz CT molecular complexity index is 742.